The molecule has 6 nitrogen and oxygen atoms in total. The van der Waals surface area contributed by atoms with E-state index in [1.165, 1.54) is 38.5 Å². The van der Waals surface area contributed by atoms with Crippen LogP contribution in [0.2, 0.25) is 0 Å². The maximum atomic E-state index is 13.1. The van der Waals surface area contributed by atoms with Crippen molar-refractivity contribution in [3.05, 3.63) is 59.4 Å². The van der Waals surface area contributed by atoms with Crippen LogP contribution in [0.15, 0.2) is 42.5 Å². The maximum Gasteiger partial charge on any atom is 0.305 e. The summed E-state index contributed by atoms with van der Waals surface area (Å²) in [7, 11) is 3.02. The Labute approximate surface area is 150 Å². The molecule has 1 amide bonds. The van der Waals surface area contributed by atoms with E-state index in [1.807, 2.05) is 0 Å². The van der Waals surface area contributed by atoms with E-state index in [1.54, 1.807) is 18.2 Å². The van der Waals surface area contributed by atoms with Crippen molar-refractivity contribution in [3.8, 4) is 11.5 Å². The molecule has 0 aliphatic heterocycles. The summed E-state index contributed by atoms with van der Waals surface area (Å²) in [6.45, 7) is 0. The minimum absolute atomic E-state index is 0.0394. The highest BCUT2D eigenvalue weighted by atomic mass is 19.1. The molecule has 138 valence electrons. The standard InChI is InChI=1S/C19H20FNO5/c1-25-16-8-3-12(9-17(16)26-2)10-18(22)21-15(11-19(23)24)13-4-6-14(20)7-5-13/h3-9,15H,10-11H2,1-2H3,(H,21,22)(H,23,24)/t15-/m1/s1. The van der Waals surface area contributed by atoms with Gasteiger partial charge >= 0.3 is 5.97 Å². The number of carbonyl (C=O) groups is 2. The fourth-order valence-electron chi connectivity index (χ4n) is 2.54. The van der Waals surface area contributed by atoms with Crippen LogP contribution in [0.3, 0.4) is 0 Å². The lowest BCUT2D eigenvalue weighted by Crippen LogP contribution is -2.31. The zero-order valence-electron chi connectivity index (χ0n) is 14.5. The predicted molar refractivity (Wildman–Crippen MR) is 92.8 cm³/mol. The molecule has 2 aromatic carbocycles. The van der Waals surface area contributed by atoms with Crippen molar-refractivity contribution in [3.63, 3.8) is 0 Å². The van der Waals surface area contributed by atoms with Crippen molar-refractivity contribution in [2.45, 2.75) is 18.9 Å². The zero-order chi connectivity index (χ0) is 19.1. The van der Waals surface area contributed by atoms with Crippen molar-refractivity contribution >= 4 is 11.9 Å². The second-order valence-electron chi connectivity index (χ2n) is 5.64. The van der Waals surface area contributed by atoms with Crippen LogP contribution < -0.4 is 14.8 Å². The molecule has 0 aliphatic carbocycles. The van der Waals surface area contributed by atoms with E-state index >= 15 is 0 Å². The van der Waals surface area contributed by atoms with Gasteiger partial charge in [0, 0.05) is 0 Å². The van der Waals surface area contributed by atoms with Gasteiger partial charge in [0.05, 0.1) is 33.1 Å². The molecule has 0 fully saturated rings. The minimum atomic E-state index is -1.06. The Hall–Kier alpha value is -3.09. The van der Waals surface area contributed by atoms with E-state index in [9.17, 15) is 14.0 Å². The topological polar surface area (TPSA) is 84.9 Å². The van der Waals surface area contributed by atoms with Gasteiger partial charge in [-0.15, -0.1) is 0 Å². The van der Waals surface area contributed by atoms with Crippen LogP contribution in [-0.2, 0) is 16.0 Å². The van der Waals surface area contributed by atoms with Crippen LogP contribution in [-0.4, -0.2) is 31.2 Å². The van der Waals surface area contributed by atoms with Gasteiger partial charge in [0.1, 0.15) is 5.82 Å². The summed E-state index contributed by atoms with van der Waals surface area (Å²) in [5.74, 6) is -0.803. The zero-order valence-corrected chi connectivity index (χ0v) is 14.5. The molecule has 0 unspecified atom stereocenters. The SMILES string of the molecule is COc1ccc(CC(=O)N[C@H](CC(=O)O)c2ccc(F)cc2)cc1OC. The number of ether oxygens (including phenoxy) is 2. The van der Waals surface area contributed by atoms with Crippen molar-refractivity contribution in [2.24, 2.45) is 0 Å². The third-order valence-electron chi connectivity index (χ3n) is 3.80. The highest BCUT2D eigenvalue weighted by molar-refractivity contribution is 5.80. The molecule has 0 bridgehead atoms. The summed E-state index contributed by atoms with van der Waals surface area (Å²) >= 11 is 0. The average molecular weight is 361 g/mol. The van der Waals surface area contributed by atoms with Crippen LogP contribution in [0.25, 0.3) is 0 Å². The average Bonchev–Trinajstić information content (AvgIpc) is 2.61. The van der Waals surface area contributed by atoms with Gasteiger partial charge in [-0.3, -0.25) is 9.59 Å². The third-order valence-corrected chi connectivity index (χ3v) is 3.80. The van der Waals surface area contributed by atoms with Gasteiger partial charge in [-0.1, -0.05) is 18.2 Å². The van der Waals surface area contributed by atoms with E-state index in [4.69, 9.17) is 14.6 Å². The number of carboxylic acid groups (broad SMARTS) is 1. The largest absolute Gasteiger partial charge is 0.493 e. The summed E-state index contributed by atoms with van der Waals surface area (Å²) in [5, 5.41) is 11.8. The van der Waals surface area contributed by atoms with Crippen molar-refractivity contribution < 1.29 is 28.6 Å². The first-order chi connectivity index (χ1) is 12.4. The number of carboxylic acids is 1. The van der Waals surface area contributed by atoms with Gasteiger partial charge in [0.25, 0.3) is 0 Å². The Morgan fingerprint density at radius 1 is 1.08 bits per heavy atom. The molecule has 0 heterocycles. The van der Waals surface area contributed by atoms with Crippen LogP contribution in [0, 0.1) is 5.82 Å². The molecular formula is C19H20FNO5. The maximum absolute atomic E-state index is 13.1. The summed E-state index contributed by atoms with van der Waals surface area (Å²) in [6, 6.07) is 9.72. The molecule has 1 atom stereocenters. The number of amides is 1. The van der Waals surface area contributed by atoms with Gasteiger partial charge < -0.3 is 19.9 Å². The van der Waals surface area contributed by atoms with Crippen LogP contribution in [0.4, 0.5) is 4.39 Å². The normalized spacial score (nSPS) is 11.5. The highest BCUT2D eigenvalue weighted by Gasteiger charge is 2.19. The molecule has 2 N–H and O–H groups in total. The number of methoxy groups -OCH3 is 2. The second kappa shape index (κ2) is 8.84. The monoisotopic (exact) mass is 361 g/mol. The number of rotatable bonds is 8. The fraction of sp³-hybridized carbons (Fsp3) is 0.263. The number of halogens is 1. The van der Waals surface area contributed by atoms with Crippen molar-refractivity contribution in [1.29, 1.82) is 0 Å². The first kappa shape index (κ1) is 19.2. The molecule has 2 rings (SSSR count). The van der Waals surface area contributed by atoms with Crippen LogP contribution >= 0.6 is 0 Å². The Morgan fingerprint density at radius 3 is 2.31 bits per heavy atom. The fourth-order valence-corrected chi connectivity index (χ4v) is 2.54. The summed E-state index contributed by atoms with van der Waals surface area (Å²) in [5.41, 5.74) is 1.21. The quantitative estimate of drug-likeness (QED) is 0.755. The minimum Gasteiger partial charge on any atom is -0.493 e. The molecule has 7 heteroatoms. The lowest BCUT2D eigenvalue weighted by atomic mass is 10.0. The van der Waals surface area contributed by atoms with E-state index < -0.39 is 17.8 Å². The van der Waals surface area contributed by atoms with E-state index in [0.29, 0.717) is 22.6 Å². The van der Waals surface area contributed by atoms with Gasteiger partial charge in [0.15, 0.2) is 11.5 Å². The molecule has 26 heavy (non-hydrogen) atoms. The number of hydrogen-bond acceptors (Lipinski definition) is 4. The Balaban J connectivity index is 2.11. The Kier molecular flexibility index (Phi) is 6.54. The molecule has 0 aliphatic rings. The summed E-state index contributed by atoms with van der Waals surface area (Å²) in [4.78, 5) is 23.4. The Bertz CT molecular complexity index is 776. The van der Waals surface area contributed by atoms with Crippen molar-refractivity contribution in [1.82, 2.24) is 5.32 Å². The third kappa shape index (κ3) is 5.20. The van der Waals surface area contributed by atoms with Crippen LogP contribution in [0.1, 0.15) is 23.6 Å². The molecule has 0 saturated heterocycles. The van der Waals surface area contributed by atoms with E-state index in [-0.39, 0.29) is 18.7 Å². The molecular weight excluding hydrogens is 341 g/mol. The van der Waals surface area contributed by atoms with Gasteiger partial charge in [-0.2, -0.15) is 0 Å². The predicted octanol–water partition coefficient (Wildman–Crippen LogP) is 2.72. The molecule has 0 aromatic heterocycles. The smallest absolute Gasteiger partial charge is 0.305 e. The number of carbonyl (C=O) groups excluding carboxylic acids is 1. The van der Waals surface area contributed by atoms with Crippen LogP contribution in [0.5, 0.6) is 11.5 Å². The van der Waals surface area contributed by atoms with Gasteiger partial charge in [-0.05, 0) is 35.4 Å². The lowest BCUT2D eigenvalue weighted by Gasteiger charge is -2.18. The first-order valence-electron chi connectivity index (χ1n) is 7.90. The molecule has 2 aromatic rings. The first-order valence-corrected chi connectivity index (χ1v) is 7.90. The number of hydrogen-bond donors (Lipinski definition) is 2. The summed E-state index contributed by atoms with van der Waals surface area (Å²) < 4.78 is 23.4. The van der Waals surface area contributed by atoms with Gasteiger partial charge in [0.2, 0.25) is 5.91 Å². The summed E-state index contributed by atoms with van der Waals surface area (Å²) in [6.07, 6.45) is -0.263. The lowest BCUT2D eigenvalue weighted by molar-refractivity contribution is -0.137. The van der Waals surface area contributed by atoms with Gasteiger partial charge in [-0.25, -0.2) is 4.39 Å². The molecule has 0 radical (unpaired) electrons. The number of aliphatic carboxylic acids is 1. The second-order valence-corrected chi connectivity index (χ2v) is 5.64. The Morgan fingerprint density at radius 2 is 1.73 bits per heavy atom. The number of nitrogens with one attached hydrogen (secondary N) is 1. The number of benzene rings is 2. The highest BCUT2D eigenvalue weighted by Crippen LogP contribution is 2.27. The molecule has 0 spiro atoms. The van der Waals surface area contributed by atoms with Crippen molar-refractivity contribution in [2.75, 3.05) is 14.2 Å². The molecule has 0 saturated carbocycles. The van der Waals surface area contributed by atoms with E-state index in [0.717, 1.165) is 0 Å². The van der Waals surface area contributed by atoms with E-state index in [2.05, 4.69) is 5.32 Å².